The van der Waals surface area contributed by atoms with Crippen LogP contribution in [0.5, 0.6) is 5.75 Å². The number of aromatic nitrogens is 3. The number of methoxy groups -OCH3 is 1. The monoisotopic (exact) mass is 638 g/mol. The summed E-state index contributed by atoms with van der Waals surface area (Å²) in [6.07, 6.45) is -5.91. The van der Waals surface area contributed by atoms with Crippen molar-refractivity contribution in [2.75, 3.05) is 50.6 Å². The molecule has 1 aliphatic rings. The van der Waals surface area contributed by atoms with Crippen LogP contribution >= 0.6 is 0 Å². The summed E-state index contributed by atoms with van der Waals surface area (Å²) in [6, 6.07) is 7.91. The molecule has 1 fully saturated rings. The summed E-state index contributed by atoms with van der Waals surface area (Å²) in [6.45, 7) is 1.17. The molecule has 2 aromatic heterocycles. The van der Waals surface area contributed by atoms with Crippen molar-refractivity contribution >= 4 is 33.4 Å². The van der Waals surface area contributed by atoms with Gasteiger partial charge in [-0.15, -0.1) is 0 Å². The van der Waals surface area contributed by atoms with Crippen LogP contribution in [-0.2, 0) is 21.8 Å². The van der Waals surface area contributed by atoms with Crippen molar-refractivity contribution in [2.24, 2.45) is 0 Å². The van der Waals surface area contributed by atoms with E-state index in [0.717, 1.165) is 6.20 Å². The van der Waals surface area contributed by atoms with Gasteiger partial charge in [-0.3, -0.25) is 0 Å². The average molecular weight is 639 g/mol. The molecule has 5 rings (SSSR count). The van der Waals surface area contributed by atoms with Gasteiger partial charge in [0.1, 0.15) is 34.9 Å². The van der Waals surface area contributed by atoms with Crippen molar-refractivity contribution in [3.05, 3.63) is 59.5 Å². The molecule has 0 aliphatic carbocycles. The lowest BCUT2D eigenvalue weighted by molar-refractivity contribution is -0.137. The first-order valence-electron chi connectivity index (χ1n) is 13.3. The van der Waals surface area contributed by atoms with Gasteiger partial charge >= 0.3 is 6.18 Å². The number of hydrogen-bond donors (Lipinski definition) is 3. The highest BCUT2D eigenvalue weighted by molar-refractivity contribution is 7.70. The second kappa shape index (κ2) is 12.8. The van der Waals surface area contributed by atoms with Crippen LogP contribution in [0.2, 0.25) is 0 Å². The average Bonchev–Trinajstić information content (AvgIpc) is 2.99. The predicted molar refractivity (Wildman–Crippen MR) is 154 cm³/mol. The topological polar surface area (TPSA) is 133 Å². The van der Waals surface area contributed by atoms with Crippen LogP contribution in [0.1, 0.15) is 23.7 Å². The molecule has 0 bridgehead atoms. The van der Waals surface area contributed by atoms with Gasteiger partial charge in [-0.05, 0) is 30.2 Å². The molecular weight excluding hydrogens is 611 g/mol. The van der Waals surface area contributed by atoms with E-state index >= 15 is 4.39 Å². The SMILES string of the molecule is COc1cc(-c2cccc(C(F)CCN[SH](=O)=O)c2F)cc2c(N3CCOCC3)nc(-c3cnc(N)cc3C(F)(F)F)nc12. The number of fused-ring (bicyclic) bond motifs is 1. The van der Waals surface area contributed by atoms with Gasteiger partial charge in [-0.1, -0.05) is 18.2 Å². The van der Waals surface area contributed by atoms with Crippen molar-refractivity contribution in [2.45, 2.75) is 18.8 Å². The van der Waals surface area contributed by atoms with E-state index in [0.29, 0.717) is 37.8 Å². The first-order chi connectivity index (χ1) is 21.0. The van der Waals surface area contributed by atoms with E-state index in [4.69, 9.17) is 15.2 Å². The molecule has 1 saturated heterocycles. The van der Waals surface area contributed by atoms with Crippen molar-refractivity contribution in [1.82, 2.24) is 19.7 Å². The zero-order valence-electron chi connectivity index (χ0n) is 23.2. The lowest BCUT2D eigenvalue weighted by Crippen LogP contribution is -2.37. The lowest BCUT2D eigenvalue weighted by atomic mass is 9.97. The first kappa shape index (κ1) is 31.3. The molecule has 1 unspecified atom stereocenters. The molecule has 0 spiro atoms. The molecule has 234 valence electrons. The summed E-state index contributed by atoms with van der Waals surface area (Å²) < 4.78 is 107. The highest BCUT2D eigenvalue weighted by Crippen LogP contribution is 2.41. The number of nitrogens with two attached hydrogens (primary N) is 1. The number of nitrogen functional groups attached to an aromatic ring is 1. The maximum Gasteiger partial charge on any atom is 0.417 e. The number of nitrogens with one attached hydrogen (secondary N) is 1. The molecule has 3 N–H and O–H groups in total. The minimum Gasteiger partial charge on any atom is -0.494 e. The Bertz CT molecular complexity index is 1760. The van der Waals surface area contributed by atoms with Crippen molar-refractivity contribution in [3.63, 3.8) is 0 Å². The van der Waals surface area contributed by atoms with Crippen LogP contribution in [0, 0.1) is 5.82 Å². The standard InChI is InChI=1S/C28H27F5N6O4S/c1-42-22-12-15(16-3-2-4-17(24(16)30)21(29)5-6-36-44(40)41)11-18-25(22)37-26(38-27(18)39-7-9-43-10-8-39)19-14-35-23(34)13-20(19)28(31,32)33/h2-4,11-14,21,44H,5-10H2,1H3,(H2,34,35)(H,36,40,41). The summed E-state index contributed by atoms with van der Waals surface area (Å²) in [7, 11) is -1.59. The molecule has 16 heteroatoms. The molecule has 0 saturated carbocycles. The van der Waals surface area contributed by atoms with E-state index in [1.54, 1.807) is 6.07 Å². The van der Waals surface area contributed by atoms with E-state index in [1.165, 1.54) is 31.4 Å². The third kappa shape index (κ3) is 6.51. The van der Waals surface area contributed by atoms with Crippen molar-refractivity contribution in [3.8, 4) is 28.3 Å². The second-order valence-electron chi connectivity index (χ2n) is 9.83. The largest absolute Gasteiger partial charge is 0.494 e. The van der Waals surface area contributed by atoms with Gasteiger partial charge in [0.15, 0.2) is 5.82 Å². The molecule has 1 atom stereocenters. The van der Waals surface area contributed by atoms with Gasteiger partial charge in [0.2, 0.25) is 10.9 Å². The highest BCUT2D eigenvalue weighted by Gasteiger charge is 2.36. The molecule has 2 aromatic carbocycles. The van der Waals surface area contributed by atoms with Crippen LogP contribution in [0.25, 0.3) is 33.4 Å². The Kier molecular flexibility index (Phi) is 9.12. The molecule has 0 amide bonds. The molecule has 10 nitrogen and oxygen atoms in total. The molecular formula is C28H27F5N6O4S. The Morgan fingerprint density at radius 1 is 1.14 bits per heavy atom. The Balaban J connectivity index is 1.69. The number of anilines is 2. The van der Waals surface area contributed by atoms with E-state index in [2.05, 4.69) is 19.7 Å². The third-order valence-corrected chi connectivity index (χ3v) is 7.54. The van der Waals surface area contributed by atoms with Gasteiger partial charge in [-0.2, -0.15) is 13.2 Å². The van der Waals surface area contributed by atoms with Gasteiger partial charge in [0.25, 0.3) is 0 Å². The minimum absolute atomic E-state index is 0.0207. The second-order valence-corrected chi connectivity index (χ2v) is 10.7. The zero-order chi connectivity index (χ0) is 31.6. The molecule has 44 heavy (non-hydrogen) atoms. The van der Waals surface area contributed by atoms with Gasteiger partial charge in [0.05, 0.1) is 25.9 Å². The third-order valence-electron chi connectivity index (χ3n) is 7.06. The number of halogens is 5. The van der Waals surface area contributed by atoms with E-state index < -0.39 is 40.2 Å². The number of pyridine rings is 1. The van der Waals surface area contributed by atoms with Crippen molar-refractivity contribution in [1.29, 1.82) is 0 Å². The lowest BCUT2D eigenvalue weighted by Gasteiger charge is -2.29. The van der Waals surface area contributed by atoms with Gasteiger partial charge in [-0.25, -0.2) is 36.9 Å². The quantitative estimate of drug-likeness (QED) is 0.180. The molecule has 0 radical (unpaired) electrons. The predicted octanol–water partition coefficient (Wildman–Crippen LogP) is 4.46. The Labute approximate surface area is 250 Å². The molecule has 3 heterocycles. The number of ether oxygens (including phenoxy) is 2. The first-order valence-corrected chi connectivity index (χ1v) is 14.5. The number of benzene rings is 2. The van der Waals surface area contributed by atoms with Crippen LogP contribution in [0.15, 0.2) is 42.6 Å². The fraction of sp³-hybridized carbons (Fsp3) is 0.321. The number of hydrogen-bond acceptors (Lipinski definition) is 9. The Morgan fingerprint density at radius 2 is 1.89 bits per heavy atom. The summed E-state index contributed by atoms with van der Waals surface area (Å²) >= 11 is 0. The number of nitrogens with zero attached hydrogens (tertiary/aromatic N) is 4. The maximum absolute atomic E-state index is 15.8. The van der Waals surface area contributed by atoms with Gasteiger partial charge < -0.3 is 20.1 Å². The summed E-state index contributed by atoms with van der Waals surface area (Å²) in [5, 5.41) is 0.354. The number of thiol groups is 1. The minimum atomic E-state index is -4.78. The number of alkyl halides is 4. The number of morpholine rings is 1. The smallest absolute Gasteiger partial charge is 0.417 e. The van der Waals surface area contributed by atoms with E-state index in [1.807, 2.05) is 4.90 Å². The van der Waals surface area contributed by atoms with Crippen molar-refractivity contribution < 1.29 is 39.8 Å². The van der Waals surface area contributed by atoms with Crippen LogP contribution in [-0.4, -0.2) is 63.3 Å². The van der Waals surface area contributed by atoms with Crippen LogP contribution in [0.3, 0.4) is 0 Å². The summed E-state index contributed by atoms with van der Waals surface area (Å²) in [4.78, 5) is 14.6. The maximum atomic E-state index is 15.8. The fourth-order valence-electron chi connectivity index (χ4n) is 4.97. The molecule has 1 aliphatic heterocycles. The zero-order valence-corrected chi connectivity index (χ0v) is 24.1. The Hall–Kier alpha value is -4.15. The van der Waals surface area contributed by atoms with Gasteiger partial charge in [0, 0.05) is 47.9 Å². The van der Waals surface area contributed by atoms with Crippen LogP contribution < -0.4 is 20.1 Å². The summed E-state index contributed by atoms with van der Waals surface area (Å²) in [5.74, 6) is -1.09. The van der Waals surface area contributed by atoms with Crippen LogP contribution in [0.4, 0.5) is 33.6 Å². The van der Waals surface area contributed by atoms with E-state index in [9.17, 15) is 26.0 Å². The fourth-order valence-corrected chi connectivity index (χ4v) is 5.28. The summed E-state index contributed by atoms with van der Waals surface area (Å²) in [5.41, 5.74) is 4.29. The molecule has 4 aromatic rings. The Morgan fingerprint density at radius 3 is 2.57 bits per heavy atom. The number of rotatable bonds is 9. The normalized spacial score (nSPS) is 14.8. The van der Waals surface area contributed by atoms with E-state index in [-0.39, 0.29) is 58.4 Å². The highest BCUT2D eigenvalue weighted by atomic mass is 32.2.